The molecule has 1 aromatic heterocycles. The van der Waals surface area contributed by atoms with Gasteiger partial charge in [-0.05, 0) is 130 Å². The smallest absolute Gasteiger partial charge is 0.123 e. The van der Waals surface area contributed by atoms with Crippen LogP contribution in [0, 0.1) is 29.5 Å². The molecule has 7 aromatic rings. The van der Waals surface area contributed by atoms with Crippen molar-refractivity contribution in [3.63, 3.8) is 0 Å². The molecule has 6 aromatic carbocycles. The normalized spacial score (nSPS) is 24.0. The van der Waals surface area contributed by atoms with E-state index in [1.165, 1.54) is 75.8 Å². The number of para-hydroxylation sites is 1. The highest BCUT2D eigenvalue weighted by molar-refractivity contribution is 6.17. The van der Waals surface area contributed by atoms with Crippen molar-refractivity contribution < 1.29 is 4.39 Å². The first-order valence-electron chi connectivity index (χ1n) is 18.1. The highest BCUT2D eigenvalue weighted by atomic mass is 19.1. The molecule has 10 rings (SSSR count). The zero-order valence-corrected chi connectivity index (χ0v) is 28.2. The van der Waals surface area contributed by atoms with E-state index in [4.69, 9.17) is 0 Å². The maximum atomic E-state index is 14.0. The fraction of sp³-hybridized carbons (Fsp3) is 0.234. The van der Waals surface area contributed by atoms with Crippen molar-refractivity contribution in [2.75, 3.05) is 0 Å². The molecule has 5 atom stereocenters. The lowest BCUT2D eigenvalue weighted by Gasteiger charge is -2.54. The number of halogens is 1. The number of nitrogens with zero attached hydrogens (tertiary/aromatic N) is 1. The largest absolute Gasteiger partial charge is 0.309 e. The Morgan fingerprint density at radius 3 is 2.18 bits per heavy atom. The van der Waals surface area contributed by atoms with Crippen molar-refractivity contribution in [3.8, 4) is 39.1 Å². The molecule has 0 radical (unpaired) electrons. The third-order valence-electron chi connectivity index (χ3n) is 12.6. The monoisotopic (exact) mass is 637 g/mol. The summed E-state index contributed by atoms with van der Waals surface area (Å²) in [5.41, 5.74) is 14.1. The molecular formula is C47H40FN. The minimum Gasteiger partial charge on any atom is -0.309 e. The predicted octanol–water partition coefficient (Wildman–Crippen LogP) is 12.6. The van der Waals surface area contributed by atoms with Crippen molar-refractivity contribution in [2.45, 2.75) is 44.9 Å². The summed E-state index contributed by atoms with van der Waals surface area (Å²) in [5, 5.41) is 2.55. The lowest BCUT2D eigenvalue weighted by molar-refractivity contribution is 0.0426. The summed E-state index contributed by atoms with van der Waals surface area (Å²) in [4.78, 5) is 0. The maximum Gasteiger partial charge on any atom is 0.123 e. The summed E-state index contributed by atoms with van der Waals surface area (Å²) in [5.74, 6) is 2.71. The third kappa shape index (κ3) is 4.10. The van der Waals surface area contributed by atoms with E-state index in [1.807, 2.05) is 6.07 Å². The number of benzene rings is 6. The second-order valence-electron chi connectivity index (χ2n) is 15.3. The summed E-state index contributed by atoms with van der Waals surface area (Å²) in [6.45, 7) is 5.05. The molecule has 1 heterocycles. The summed E-state index contributed by atoms with van der Waals surface area (Å²) < 4.78 is 16.4. The van der Waals surface area contributed by atoms with Crippen molar-refractivity contribution in [3.05, 3.63) is 150 Å². The van der Waals surface area contributed by atoms with Crippen LogP contribution in [0.4, 0.5) is 4.39 Å². The molecule has 0 aliphatic heterocycles. The fourth-order valence-corrected chi connectivity index (χ4v) is 11.0. The van der Waals surface area contributed by atoms with Crippen LogP contribution < -0.4 is 0 Å². The molecule has 49 heavy (non-hydrogen) atoms. The van der Waals surface area contributed by atoms with E-state index >= 15 is 0 Å². The van der Waals surface area contributed by atoms with Gasteiger partial charge in [0.2, 0.25) is 0 Å². The Morgan fingerprint density at radius 1 is 0.592 bits per heavy atom. The zero-order valence-electron chi connectivity index (χ0n) is 28.2. The number of rotatable bonds is 3. The third-order valence-corrected chi connectivity index (χ3v) is 12.6. The first kappa shape index (κ1) is 29.0. The van der Waals surface area contributed by atoms with E-state index in [9.17, 15) is 4.39 Å². The second-order valence-corrected chi connectivity index (χ2v) is 15.3. The highest BCUT2D eigenvalue weighted by Crippen LogP contribution is 2.65. The van der Waals surface area contributed by atoms with Crippen LogP contribution in [0.3, 0.4) is 0 Å². The van der Waals surface area contributed by atoms with Crippen molar-refractivity contribution in [1.82, 2.24) is 4.57 Å². The van der Waals surface area contributed by atoms with Crippen LogP contribution in [0.1, 0.15) is 50.7 Å². The van der Waals surface area contributed by atoms with E-state index in [0.29, 0.717) is 11.8 Å². The van der Waals surface area contributed by atoms with Gasteiger partial charge in [-0.2, -0.15) is 0 Å². The first-order valence-corrected chi connectivity index (χ1v) is 18.1. The van der Waals surface area contributed by atoms with Gasteiger partial charge in [-0.25, -0.2) is 4.39 Å². The molecule has 3 aliphatic carbocycles. The Balaban J connectivity index is 1.20. The second kappa shape index (κ2) is 10.8. The molecule has 1 spiro atoms. The molecule has 1 nitrogen and oxygen atoms in total. The Labute approximate surface area is 288 Å². The van der Waals surface area contributed by atoms with E-state index in [1.54, 1.807) is 23.3 Å². The van der Waals surface area contributed by atoms with Gasteiger partial charge in [0.05, 0.1) is 11.0 Å². The van der Waals surface area contributed by atoms with Crippen molar-refractivity contribution >= 4 is 21.8 Å². The van der Waals surface area contributed by atoms with Gasteiger partial charge in [-0.15, -0.1) is 0 Å². The molecule has 2 heteroatoms. The number of hydrogen-bond acceptors (Lipinski definition) is 0. The van der Waals surface area contributed by atoms with E-state index in [0.717, 1.165) is 28.7 Å². The van der Waals surface area contributed by atoms with Crippen LogP contribution >= 0.6 is 0 Å². The van der Waals surface area contributed by atoms with Gasteiger partial charge in [0, 0.05) is 21.9 Å². The summed E-state index contributed by atoms with van der Waals surface area (Å²) >= 11 is 0. The lowest BCUT2D eigenvalue weighted by atomic mass is 9.49. The van der Waals surface area contributed by atoms with Gasteiger partial charge in [0.25, 0.3) is 0 Å². The lowest BCUT2D eigenvalue weighted by Crippen LogP contribution is -2.49. The number of aromatic nitrogens is 1. The summed E-state index contributed by atoms with van der Waals surface area (Å²) in [6.07, 6.45) is 5.39. The molecular weight excluding hydrogens is 598 g/mol. The minimum absolute atomic E-state index is 0.0679. The SMILES string of the molecule is CC1CC2CC(C)C3(c4ccccc4-c4c(-c5cccc6c5c5ccccc5n6-c5ccc(-c6cccc(F)c6)cc5)cccc43)C(C1)C2. The molecule has 0 N–H and O–H groups in total. The first-order chi connectivity index (χ1) is 24.0. The maximum absolute atomic E-state index is 14.0. The summed E-state index contributed by atoms with van der Waals surface area (Å²) in [6, 6.07) is 47.7. The van der Waals surface area contributed by atoms with Gasteiger partial charge in [0.15, 0.2) is 0 Å². The quantitative estimate of drug-likeness (QED) is 0.182. The van der Waals surface area contributed by atoms with Gasteiger partial charge >= 0.3 is 0 Å². The zero-order chi connectivity index (χ0) is 32.9. The van der Waals surface area contributed by atoms with Crippen molar-refractivity contribution in [1.29, 1.82) is 0 Å². The highest BCUT2D eigenvalue weighted by Gasteiger charge is 2.56. The molecule has 5 unspecified atom stereocenters. The number of hydrogen-bond donors (Lipinski definition) is 0. The van der Waals surface area contributed by atoms with Crippen LogP contribution in [-0.4, -0.2) is 4.57 Å². The van der Waals surface area contributed by atoms with Gasteiger partial charge in [-0.3, -0.25) is 0 Å². The summed E-state index contributed by atoms with van der Waals surface area (Å²) in [7, 11) is 0. The fourth-order valence-electron chi connectivity index (χ4n) is 11.0. The minimum atomic E-state index is -0.215. The Bertz CT molecular complexity index is 2410. The Kier molecular flexibility index (Phi) is 6.38. The predicted molar refractivity (Wildman–Crippen MR) is 202 cm³/mol. The molecule has 3 aliphatic rings. The van der Waals surface area contributed by atoms with Gasteiger partial charge in [-0.1, -0.05) is 111 Å². The van der Waals surface area contributed by atoms with Crippen LogP contribution in [0.2, 0.25) is 0 Å². The van der Waals surface area contributed by atoms with E-state index < -0.39 is 0 Å². The van der Waals surface area contributed by atoms with Gasteiger partial charge < -0.3 is 4.57 Å². The van der Waals surface area contributed by atoms with Crippen LogP contribution in [0.5, 0.6) is 0 Å². The Morgan fingerprint density at radius 2 is 1.31 bits per heavy atom. The standard InChI is InChI=1S/C47H40FN/c1-29-24-31-26-30(2)47(34(25-29)27-31)41-16-5-3-12-39(41)45-37(14-8-17-42(45)47)38-15-9-19-44-46(38)40-13-4-6-18-43(40)49(44)36-22-20-32(21-23-36)33-10-7-11-35(48)28-33/h3-23,28-31,34H,24-27H2,1-2H3. The molecule has 2 bridgehead atoms. The average Bonchev–Trinajstić information content (AvgIpc) is 3.62. The average molecular weight is 638 g/mol. The molecule has 0 saturated heterocycles. The molecule has 0 amide bonds. The topological polar surface area (TPSA) is 4.93 Å². The van der Waals surface area contributed by atoms with E-state index in [-0.39, 0.29) is 11.2 Å². The van der Waals surface area contributed by atoms with Crippen molar-refractivity contribution in [2.24, 2.45) is 23.7 Å². The van der Waals surface area contributed by atoms with Crippen LogP contribution in [0.25, 0.3) is 60.9 Å². The Hall–Kier alpha value is -4.95. The molecule has 2 fully saturated rings. The van der Waals surface area contributed by atoms with Gasteiger partial charge in [0.1, 0.15) is 5.82 Å². The molecule has 240 valence electrons. The van der Waals surface area contributed by atoms with Crippen LogP contribution in [0.15, 0.2) is 133 Å². The number of fused-ring (bicyclic) bond motifs is 11. The van der Waals surface area contributed by atoms with E-state index in [2.05, 4.69) is 128 Å². The molecule has 2 saturated carbocycles. The van der Waals surface area contributed by atoms with Crippen LogP contribution in [-0.2, 0) is 5.41 Å².